The Balaban J connectivity index is 1.49. The van der Waals surface area contributed by atoms with Crippen LogP contribution < -0.4 is 20.5 Å². The van der Waals surface area contributed by atoms with Gasteiger partial charge in [0.15, 0.2) is 0 Å². The highest BCUT2D eigenvalue weighted by Crippen LogP contribution is 2.39. The zero-order chi connectivity index (χ0) is 33.9. The summed E-state index contributed by atoms with van der Waals surface area (Å²) in [7, 11) is 3.24. The summed E-state index contributed by atoms with van der Waals surface area (Å²) in [6, 6.07) is 28.5. The third kappa shape index (κ3) is 8.94. The van der Waals surface area contributed by atoms with Crippen LogP contribution in [-0.4, -0.2) is 69.2 Å². The number of ether oxygens (including phenoxy) is 4. The van der Waals surface area contributed by atoms with Crippen molar-refractivity contribution < 1.29 is 23.7 Å². The fraction of sp³-hybridized carbons (Fsp3) is 0.243. The van der Waals surface area contributed by atoms with E-state index >= 15 is 0 Å². The number of rotatable bonds is 16. The van der Waals surface area contributed by atoms with Crippen molar-refractivity contribution >= 4 is 29.1 Å². The summed E-state index contributed by atoms with van der Waals surface area (Å²) in [5, 5.41) is 4.16. The molecule has 0 atom stereocenters. The standard InChI is InChI=1S/C37H38Cl2N4O5/c1-45-32-21-29(22-33(23-32)46-2)36-42-34(26-7-11-30(38)12-8-26)35(27-9-13-31(39)14-10-27)43(36)24-25-3-5-28(6-4-25)37(44)41-16-18-48-20-19-47-17-15-40/h3-14,21-23H,15-20,24,40H2,1-2H3,(H,41,44). The first-order valence-electron chi connectivity index (χ1n) is 15.5. The Hall–Kier alpha value is -4.38. The third-order valence-electron chi connectivity index (χ3n) is 7.54. The van der Waals surface area contributed by atoms with Gasteiger partial charge >= 0.3 is 0 Å². The van der Waals surface area contributed by atoms with Crippen LogP contribution in [0.4, 0.5) is 0 Å². The van der Waals surface area contributed by atoms with Crippen LogP contribution in [0.15, 0.2) is 91.0 Å². The molecule has 48 heavy (non-hydrogen) atoms. The summed E-state index contributed by atoms with van der Waals surface area (Å²) in [4.78, 5) is 18.1. The molecule has 11 heteroatoms. The van der Waals surface area contributed by atoms with Crippen molar-refractivity contribution in [3.8, 4) is 45.4 Å². The molecule has 5 aromatic rings. The molecular weight excluding hydrogens is 651 g/mol. The number of nitrogens with two attached hydrogens (primary N) is 1. The number of benzene rings is 4. The van der Waals surface area contributed by atoms with Crippen LogP contribution in [0, 0.1) is 0 Å². The van der Waals surface area contributed by atoms with Crippen LogP contribution >= 0.6 is 23.2 Å². The van der Waals surface area contributed by atoms with Gasteiger partial charge in [-0.3, -0.25) is 4.79 Å². The average molecular weight is 690 g/mol. The van der Waals surface area contributed by atoms with Crippen molar-refractivity contribution in [1.29, 1.82) is 0 Å². The van der Waals surface area contributed by atoms with Gasteiger partial charge in [-0.15, -0.1) is 0 Å². The first kappa shape index (κ1) is 34.9. The van der Waals surface area contributed by atoms with E-state index in [9.17, 15) is 4.79 Å². The lowest BCUT2D eigenvalue weighted by molar-refractivity contribution is 0.0511. The maximum absolute atomic E-state index is 12.8. The number of aromatic nitrogens is 2. The largest absolute Gasteiger partial charge is 0.497 e. The SMILES string of the molecule is COc1cc(OC)cc(-c2nc(-c3ccc(Cl)cc3)c(-c3ccc(Cl)cc3)n2Cc2ccc(C(=O)NCCOCCOCCN)cc2)c1. The summed E-state index contributed by atoms with van der Waals surface area (Å²) in [6.45, 7) is 3.12. The Kier molecular flexibility index (Phi) is 12.5. The van der Waals surface area contributed by atoms with Gasteiger partial charge in [-0.1, -0.05) is 59.6 Å². The summed E-state index contributed by atoms with van der Waals surface area (Å²) >= 11 is 12.6. The molecule has 0 saturated carbocycles. The Morgan fingerprint density at radius 1 is 0.750 bits per heavy atom. The van der Waals surface area contributed by atoms with Gasteiger partial charge in [0.1, 0.15) is 17.3 Å². The lowest BCUT2D eigenvalue weighted by Crippen LogP contribution is -2.27. The molecule has 250 valence electrons. The molecule has 0 saturated heterocycles. The van der Waals surface area contributed by atoms with E-state index in [2.05, 4.69) is 9.88 Å². The molecule has 0 fully saturated rings. The maximum atomic E-state index is 12.8. The minimum Gasteiger partial charge on any atom is -0.497 e. The summed E-state index contributed by atoms with van der Waals surface area (Å²) in [6.07, 6.45) is 0. The topological polar surface area (TPSA) is 110 Å². The predicted octanol–water partition coefficient (Wildman–Crippen LogP) is 6.98. The minimum absolute atomic E-state index is 0.178. The number of hydrogen-bond acceptors (Lipinski definition) is 7. The Labute approximate surface area is 290 Å². The van der Waals surface area contributed by atoms with Gasteiger partial charge in [-0.05, 0) is 54.1 Å². The number of carbonyl (C=O) groups excluding carboxylic acids is 1. The van der Waals surface area contributed by atoms with E-state index in [0.29, 0.717) is 79.0 Å². The van der Waals surface area contributed by atoms with Crippen molar-refractivity contribution in [2.45, 2.75) is 6.54 Å². The fourth-order valence-electron chi connectivity index (χ4n) is 5.16. The van der Waals surface area contributed by atoms with Crippen LogP contribution in [-0.2, 0) is 16.0 Å². The van der Waals surface area contributed by atoms with Crippen molar-refractivity contribution in [3.05, 3.63) is 112 Å². The van der Waals surface area contributed by atoms with Crippen LogP contribution in [0.25, 0.3) is 33.9 Å². The number of halogens is 2. The molecule has 0 radical (unpaired) electrons. The zero-order valence-corrected chi connectivity index (χ0v) is 28.4. The summed E-state index contributed by atoms with van der Waals surface area (Å²) in [5.74, 6) is 1.81. The Morgan fingerprint density at radius 3 is 1.92 bits per heavy atom. The Bertz CT molecular complexity index is 1770. The lowest BCUT2D eigenvalue weighted by atomic mass is 10.0. The minimum atomic E-state index is -0.178. The first-order valence-corrected chi connectivity index (χ1v) is 16.2. The second-order valence-corrected chi connectivity index (χ2v) is 11.7. The third-order valence-corrected chi connectivity index (χ3v) is 8.04. The van der Waals surface area contributed by atoms with E-state index in [0.717, 1.165) is 33.6 Å². The molecule has 9 nitrogen and oxygen atoms in total. The molecule has 0 unspecified atom stereocenters. The van der Waals surface area contributed by atoms with Crippen molar-refractivity contribution in [2.75, 3.05) is 53.7 Å². The van der Waals surface area contributed by atoms with Crippen molar-refractivity contribution in [1.82, 2.24) is 14.9 Å². The molecule has 1 amide bonds. The first-order chi connectivity index (χ1) is 23.4. The molecule has 5 rings (SSSR count). The quantitative estimate of drug-likeness (QED) is 0.108. The smallest absolute Gasteiger partial charge is 0.251 e. The number of nitrogens with zero attached hydrogens (tertiary/aromatic N) is 2. The fourth-order valence-corrected chi connectivity index (χ4v) is 5.41. The van der Waals surface area contributed by atoms with Gasteiger partial charge in [0.2, 0.25) is 0 Å². The van der Waals surface area contributed by atoms with Gasteiger partial charge in [-0.25, -0.2) is 4.98 Å². The predicted molar refractivity (Wildman–Crippen MR) is 190 cm³/mol. The van der Waals surface area contributed by atoms with Gasteiger partial charge in [-0.2, -0.15) is 0 Å². The van der Waals surface area contributed by atoms with Gasteiger partial charge in [0.25, 0.3) is 5.91 Å². The van der Waals surface area contributed by atoms with Crippen LogP contribution in [0.2, 0.25) is 10.0 Å². The second-order valence-electron chi connectivity index (χ2n) is 10.8. The molecular formula is C37H38Cl2N4O5. The molecule has 0 bridgehead atoms. The van der Waals surface area contributed by atoms with E-state index < -0.39 is 0 Å². The van der Waals surface area contributed by atoms with E-state index in [1.54, 1.807) is 14.2 Å². The van der Waals surface area contributed by atoms with Gasteiger partial charge < -0.3 is 34.6 Å². The molecule has 1 aromatic heterocycles. The van der Waals surface area contributed by atoms with Gasteiger partial charge in [0, 0.05) is 58.0 Å². The molecule has 0 spiro atoms. The number of nitrogens with one attached hydrogen (secondary N) is 1. The number of amides is 1. The van der Waals surface area contributed by atoms with E-state index in [1.807, 2.05) is 91.0 Å². The van der Waals surface area contributed by atoms with E-state index in [4.69, 9.17) is 52.9 Å². The second kappa shape index (κ2) is 17.1. The van der Waals surface area contributed by atoms with E-state index in [1.165, 1.54) is 0 Å². The lowest BCUT2D eigenvalue weighted by Gasteiger charge is -2.15. The number of carbonyl (C=O) groups is 1. The molecule has 0 aliphatic heterocycles. The number of methoxy groups -OCH3 is 2. The highest BCUT2D eigenvalue weighted by atomic mass is 35.5. The van der Waals surface area contributed by atoms with Crippen molar-refractivity contribution in [2.24, 2.45) is 5.73 Å². The monoisotopic (exact) mass is 688 g/mol. The van der Waals surface area contributed by atoms with Crippen LogP contribution in [0.5, 0.6) is 11.5 Å². The average Bonchev–Trinajstić information content (AvgIpc) is 3.48. The van der Waals surface area contributed by atoms with E-state index in [-0.39, 0.29) is 5.91 Å². The normalized spacial score (nSPS) is 11.0. The number of hydrogen-bond donors (Lipinski definition) is 2. The van der Waals surface area contributed by atoms with Crippen molar-refractivity contribution in [3.63, 3.8) is 0 Å². The van der Waals surface area contributed by atoms with Gasteiger partial charge in [0.05, 0.1) is 52.0 Å². The molecule has 4 aromatic carbocycles. The maximum Gasteiger partial charge on any atom is 0.251 e. The molecule has 1 heterocycles. The molecule has 0 aliphatic carbocycles. The molecule has 3 N–H and O–H groups in total. The highest BCUT2D eigenvalue weighted by molar-refractivity contribution is 6.31. The molecule has 0 aliphatic rings. The summed E-state index contributed by atoms with van der Waals surface area (Å²) < 4.78 is 24.2. The highest BCUT2D eigenvalue weighted by Gasteiger charge is 2.23. The van der Waals surface area contributed by atoms with Crippen LogP contribution in [0.3, 0.4) is 0 Å². The summed E-state index contributed by atoms with van der Waals surface area (Å²) in [5.41, 5.74) is 11.2. The zero-order valence-electron chi connectivity index (χ0n) is 26.9. The van der Waals surface area contributed by atoms with Crippen LogP contribution in [0.1, 0.15) is 15.9 Å². The number of imidazole rings is 1. The Morgan fingerprint density at radius 2 is 1.33 bits per heavy atom.